The van der Waals surface area contributed by atoms with Crippen molar-refractivity contribution in [3.63, 3.8) is 0 Å². The number of hydrogen-bond acceptors (Lipinski definition) is 5. The van der Waals surface area contributed by atoms with Crippen LogP contribution < -0.4 is 15.5 Å². The number of benzene rings is 1. The lowest BCUT2D eigenvalue weighted by Crippen LogP contribution is -2.39. The van der Waals surface area contributed by atoms with Crippen molar-refractivity contribution in [3.8, 4) is 0 Å². The van der Waals surface area contributed by atoms with Crippen LogP contribution in [0.1, 0.15) is 30.8 Å². The first-order valence-electron chi connectivity index (χ1n) is 10.8. The molecule has 7 nitrogen and oxygen atoms in total. The lowest BCUT2D eigenvalue weighted by molar-refractivity contribution is 0.624. The highest BCUT2D eigenvalue weighted by Gasteiger charge is 2.15. The molecule has 8 heteroatoms. The lowest BCUT2D eigenvalue weighted by Gasteiger charge is -2.13. The fourth-order valence-electron chi connectivity index (χ4n) is 3.92. The van der Waals surface area contributed by atoms with E-state index in [2.05, 4.69) is 60.6 Å². The maximum atomic E-state index is 4.79. The number of aliphatic imine (C=N–C) groups is 1. The zero-order valence-electron chi connectivity index (χ0n) is 17.9. The molecule has 4 rings (SSSR count). The summed E-state index contributed by atoms with van der Waals surface area (Å²) in [4.78, 5) is 16.2. The summed E-state index contributed by atoms with van der Waals surface area (Å²) in [7, 11) is 1.82. The van der Waals surface area contributed by atoms with Gasteiger partial charge in [-0.25, -0.2) is 9.97 Å². The number of imidazole rings is 1. The molecule has 1 saturated heterocycles. The Bertz CT molecular complexity index is 984. The summed E-state index contributed by atoms with van der Waals surface area (Å²) < 4.78 is 2.29. The van der Waals surface area contributed by atoms with Crippen molar-refractivity contribution < 1.29 is 0 Å². The Morgan fingerprint density at radius 2 is 1.93 bits per heavy atom. The summed E-state index contributed by atoms with van der Waals surface area (Å²) in [5.41, 5.74) is 3.43. The minimum atomic E-state index is 0.827. The molecular formula is C22H31N7S. The van der Waals surface area contributed by atoms with E-state index in [0.717, 1.165) is 68.6 Å². The van der Waals surface area contributed by atoms with E-state index in [4.69, 9.17) is 4.98 Å². The first-order valence-corrected chi connectivity index (χ1v) is 11.7. The number of aryl methyl sites for hydroxylation is 2. The fraction of sp³-hybridized carbons (Fsp3) is 0.500. The van der Waals surface area contributed by atoms with Gasteiger partial charge >= 0.3 is 0 Å². The number of nitrogens with zero attached hydrogens (tertiary/aromatic N) is 5. The number of anilines is 1. The predicted molar refractivity (Wildman–Crippen MR) is 126 cm³/mol. The second-order valence-corrected chi connectivity index (χ2v) is 8.48. The molecule has 30 heavy (non-hydrogen) atoms. The Morgan fingerprint density at radius 3 is 2.77 bits per heavy atom. The van der Waals surface area contributed by atoms with Crippen LogP contribution in [0.15, 0.2) is 34.6 Å². The van der Waals surface area contributed by atoms with Crippen molar-refractivity contribution >= 4 is 33.5 Å². The highest BCUT2D eigenvalue weighted by atomic mass is 32.1. The smallest absolute Gasteiger partial charge is 0.190 e. The summed E-state index contributed by atoms with van der Waals surface area (Å²) in [6.07, 6.45) is 4.49. The zero-order chi connectivity index (χ0) is 20.8. The predicted octanol–water partition coefficient (Wildman–Crippen LogP) is 3.20. The molecule has 160 valence electrons. The van der Waals surface area contributed by atoms with E-state index in [9.17, 15) is 0 Å². The molecule has 1 aliphatic rings. The van der Waals surface area contributed by atoms with Crippen LogP contribution >= 0.6 is 11.3 Å². The number of guanidine groups is 1. The van der Waals surface area contributed by atoms with Gasteiger partial charge in [0.05, 0.1) is 16.7 Å². The van der Waals surface area contributed by atoms with Gasteiger partial charge in [0.1, 0.15) is 5.82 Å². The molecular weight excluding hydrogens is 394 g/mol. The van der Waals surface area contributed by atoms with E-state index >= 15 is 0 Å². The van der Waals surface area contributed by atoms with Gasteiger partial charge in [0.2, 0.25) is 0 Å². The Balaban J connectivity index is 1.18. The maximum absolute atomic E-state index is 4.79. The SMILES string of the molecule is CN=C(NCCCn1c(C)nc2ccccc21)NCCc1csc(N2CCCC2)n1. The number of thiazole rings is 1. The molecule has 0 spiro atoms. The Morgan fingerprint density at radius 1 is 1.13 bits per heavy atom. The number of rotatable bonds is 8. The normalized spacial score (nSPS) is 14.6. The van der Waals surface area contributed by atoms with Gasteiger partial charge in [-0.3, -0.25) is 4.99 Å². The molecule has 0 amide bonds. The first-order chi connectivity index (χ1) is 14.7. The summed E-state index contributed by atoms with van der Waals surface area (Å²) in [5.74, 6) is 1.91. The van der Waals surface area contributed by atoms with Gasteiger partial charge in [-0.1, -0.05) is 12.1 Å². The molecule has 3 heterocycles. The molecule has 3 aromatic rings. The molecule has 0 radical (unpaired) electrons. The molecule has 0 atom stereocenters. The highest BCUT2D eigenvalue weighted by Crippen LogP contribution is 2.24. The van der Waals surface area contributed by atoms with Crippen LogP contribution in [0.4, 0.5) is 5.13 Å². The van der Waals surface area contributed by atoms with Gasteiger partial charge in [0.25, 0.3) is 0 Å². The molecule has 0 unspecified atom stereocenters. The summed E-state index contributed by atoms with van der Waals surface area (Å²) >= 11 is 1.76. The molecule has 0 saturated carbocycles. The van der Waals surface area contributed by atoms with Crippen LogP contribution in [0.3, 0.4) is 0 Å². The number of para-hydroxylation sites is 2. The molecule has 2 aromatic heterocycles. The minimum Gasteiger partial charge on any atom is -0.356 e. The molecule has 2 N–H and O–H groups in total. The number of nitrogens with one attached hydrogen (secondary N) is 2. The number of fused-ring (bicyclic) bond motifs is 1. The average molecular weight is 426 g/mol. The van der Waals surface area contributed by atoms with Gasteiger partial charge in [-0.2, -0.15) is 0 Å². The Labute approximate surface area is 182 Å². The topological polar surface area (TPSA) is 70.4 Å². The van der Waals surface area contributed by atoms with Gasteiger partial charge in [0, 0.05) is 51.6 Å². The van der Waals surface area contributed by atoms with Crippen LogP contribution in [0.2, 0.25) is 0 Å². The van der Waals surface area contributed by atoms with Crippen LogP contribution in [0, 0.1) is 6.92 Å². The summed E-state index contributed by atoms with van der Waals surface area (Å²) in [6, 6.07) is 8.31. The molecule has 0 aliphatic carbocycles. The fourth-order valence-corrected chi connectivity index (χ4v) is 4.83. The van der Waals surface area contributed by atoms with Crippen molar-refractivity contribution in [2.24, 2.45) is 4.99 Å². The van der Waals surface area contributed by atoms with E-state index in [1.54, 1.807) is 11.3 Å². The maximum Gasteiger partial charge on any atom is 0.190 e. The summed E-state index contributed by atoms with van der Waals surface area (Å²) in [6.45, 7) is 7.00. The van der Waals surface area contributed by atoms with Crippen molar-refractivity contribution in [1.29, 1.82) is 0 Å². The standard InChI is InChI=1S/C22H31N7S/c1-17-26-19-8-3-4-9-20(19)29(17)15-7-11-24-21(23-2)25-12-10-18-16-30-22(27-18)28-13-5-6-14-28/h3-4,8-9,16H,5-7,10-15H2,1-2H3,(H2,23,24,25). The van der Waals surface area contributed by atoms with Crippen molar-refractivity contribution in [2.45, 2.75) is 39.2 Å². The van der Waals surface area contributed by atoms with Crippen molar-refractivity contribution in [1.82, 2.24) is 25.2 Å². The number of hydrogen-bond donors (Lipinski definition) is 2. The van der Waals surface area contributed by atoms with Gasteiger partial charge in [0.15, 0.2) is 11.1 Å². The van der Waals surface area contributed by atoms with Gasteiger partial charge in [-0.15, -0.1) is 11.3 Å². The monoisotopic (exact) mass is 425 g/mol. The van der Waals surface area contributed by atoms with E-state index in [1.807, 2.05) is 13.1 Å². The third kappa shape index (κ3) is 4.92. The lowest BCUT2D eigenvalue weighted by atomic mass is 10.3. The second-order valence-electron chi connectivity index (χ2n) is 7.64. The first kappa shape index (κ1) is 20.7. The van der Waals surface area contributed by atoms with Crippen LogP contribution in [-0.4, -0.2) is 53.7 Å². The highest BCUT2D eigenvalue weighted by molar-refractivity contribution is 7.13. The van der Waals surface area contributed by atoms with Crippen molar-refractivity contribution in [3.05, 3.63) is 41.2 Å². The quantitative estimate of drug-likeness (QED) is 0.329. The van der Waals surface area contributed by atoms with Crippen LogP contribution in [0.25, 0.3) is 11.0 Å². The molecule has 1 aliphatic heterocycles. The zero-order valence-corrected chi connectivity index (χ0v) is 18.7. The second kappa shape index (κ2) is 9.93. The van der Waals surface area contributed by atoms with Gasteiger partial charge < -0.3 is 20.1 Å². The third-order valence-electron chi connectivity index (χ3n) is 5.51. The average Bonchev–Trinajstić information content (AvgIpc) is 3.50. The molecule has 0 bridgehead atoms. The van der Waals surface area contributed by atoms with E-state index < -0.39 is 0 Å². The number of aromatic nitrogens is 3. The van der Waals surface area contributed by atoms with Gasteiger partial charge in [-0.05, 0) is 38.3 Å². The molecule has 1 fully saturated rings. The minimum absolute atomic E-state index is 0.827. The van der Waals surface area contributed by atoms with E-state index in [-0.39, 0.29) is 0 Å². The van der Waals surface area contributed by atoms with Crippen LogP contribution in [0.5, 0.6) is 0 Å². The van der Waals surface area contributed by atoms with E-state index in [0.29, 0.717) is 0 Å². The Hall–Kier alpha value is -2.61. The molecule has 1 aromatic carbocycles. The largest absolute Gasteiger partial charge is 0.356 e. The summed E-state index contributed by atoms with van der Waals surface area (Å²) in [5, 5.41) is 10.2. The third-order valence-corrected chi connectivity index (χ3v) is 6.46. The van der Waals surface area contributed by atoms with Crippen molar-refractivity contribution in [2.75, 3.05) is 38.1 Å². The van der Waals surface area contributed by atoms with Crippen LogP contribution in [-0.2, 0) is 13.0 Å². The Kier molecular flexibility index (Phi) is 6.84. The van der Waals surface area contributed by atoms with E-state index in [1.165, 1.54) is 23.5 Å².